The molecule has 0 unspecified atom stereocenters. The smallest absolute Gasteiger partial charge is 0.328 e. The van der Waals surface area contributed by atoms with Crippen LogP contribution in [0.5, 0.6) is 0 Å². The lowest BCUT2D eigenvalue weighted by molar-refractivity contribution is -0.140. The number of aliphatic hydroxyl groups excluding tert-OH is 1. The molecule has 0 spiro atoms. The normalized spacial score (nSPS) is 11.9. The molecule has 3 N–H and O–H groups in total. The van der Waals surface area contributed by atoms with E-state index in [1.807, 2.05) is 11.4 Å². The standard InChI is InChI=1S/C10H13BrN2O4S/c1-13(3-7-2-6(11)5-18-7)10(17)12-8(4-14)9(15)16/h2,5,8,14H,3-4H2,1H3,(H,12,17)(H,15,16)/t8-/m1/s1. The summed E-state index contributed by atoms with van der Waals surface area (Å²) in [5, 5.41) is 21.6. The number of nitrogens with zero attached hydrogens (tertiary/aromatic N) is 1. The Morgan fingerprint density at radius 1 is 1.61 bits per heavy atom. The minimum absolute atomic E-state index is 0.375. The topological polar surface area (TPSA) is 89.9 Å². The van der Waals surface area contributed by atoms with E-state index in [1.54, 1.807) is 7.05 Å². The van der Waals surface area contributed by atoms with Crippen LogP contribution in [0.1, 0.15) is 4.88 Å². The lowest BCUT2D eigenvalue weighted by Gasteiger charge is -2.19. The fraction of sp³-hybridized carbons (Fsp3) is 0.400. The number of aliphatic hydroxyl groups is 1. The molecule has 0 aliphatic rings. The van der Waals surface area contributed by atoms with Crippen LogP contribution in [0.3, 0.4) is 0 Å². The first-order valence-corrected chi connectivity index (χ1v) is 6.69. The van der Waals surface area contributed by atoms with Crippen molar-refractivity contribution in [2.45, 2.75) is 12.6 Å². The average molecular weight is 337 g/mol. The molecule has 0 saturated heterocycles. The summed E-state index contributed by atoms with van der Waals surface area (Å²) in [6, 6.07) is 0.0609. The fourth-order valence-corrected chi connectivity index (χ4v) is 2.69. The van der Waals surface area contributed by atoms with Gasteiger partial charge in [0.1, 0.15) is 0 Å². The van der Waals surface area contributed by atoms with Gasteiger partial charge in [0.15, 0.2) is 6.04 Å². The summed E-state index contributed by atoms with van der Waals surface area (Å²) in [7, 11) is 1.55. The molecule has 0 saturated carbocycles. The van der Waals surface area contributed by atoms with E-state index in [0.29, 0.717) is 6.54 Å². The molecule has 0 aliphatic heterocycles. The minimum Gasteiger partial charge on any atom is -0.480 e. The zero-order valence-electron chi connectivity index (χ0n) is 9.59. The molecule has 1 atom stereocenters. The molecular formula is C10H13BrN2O4S. The van der Waals surface area contributed by atoms with Crippen LogP contribution in [-0.4, -0.2) is 46.8 Å². The number of carboxylic acids is 1. The van der Waals surface area contributed by atoms with Crippen molar-refractivity contribution in [1.82, 2.24) is 10.2 Å². The molecule has 18 heavy (non-hydrogen) atoms. The largest absolute Gasteiger partial charge is 0.480 e. The van der Waals surface area contributed by atoms with E-state index in [1.165, 1.54) is 16.2 Å². The number of rotatable bonds is 5. The Balaban J connectivity index is 2.53. The van der Waals surface area contributed by atoms with E-state index in [4.69, 9.17) is 10.2 Å². The molecule has 0 fully saturated rings. The molecule has 1 aromatic heterocycles. The number of aliphatic carboxylic acids is 1. The molecule has 6 nitrogen and oxygen atoms in total. The Kier molecular flexibility index (Phi) is 5.57. The number of hydrogen-bond acceptors (Lipinski definition) is 4. The Hall–Kier alpha value is -1.12. The highest BCUT2D eigenvalue weighted by Gasteiger charge is 2.20. The van der Waals surface area contributed by atoms with Gasteiger partial charge >= 0.3 is 12.0 Å². The van der Waals surface area contributed by atoms with Gasteiger partial charge in [-0.05, 0) is 22.0 Å². The van der Waals surface area contributed by atoms with Crippen LogP contribution < -0.4 is 5.32 Å². The lowest BCUT2D eigenvalue weighted by Crippen LogP contribution is -2.48. The maximum Gasteiger partial charge on any atom is 0.328 e. The quantitative estimate of drug-likeness (QED) is 0.751. The molecule has 1 aromatic rings. The molecule has 0 bridgehead atoms. The van der Waals surface area contributed by atoms with Gasteiger partial charge in [-0.2, -0.15) is 0 Å². The number of carbonyl (C=O) groups excluding carboxylic acids is 1. The molecule has 0 radical (unpaired) electrons. The third kappa shape index (κ3) is 4.28. The summed E-state index contributed by atoms with van der Waals surface area (Å²) in [6.45, 7) is -0.265. The van der Waals surface area contributed by atoms with Gasteiger partial charge in [0.25, 0.3) is 0 Å². The average Bonchev–Trinajstić information content (AvgIpc) is 2.70. The van der Waals surface area contributed by atoms with Crippen molar-refractivity contribution in [3.05, 3.63) is 20.8 Å². The van der Waals surface area contributed by atoms with Crippen molar-refractivity contribution in [3.63, 3.8) is 0 Å². The zero-order valence-corrected chi connectivity index (χ0v) is 12.0. The number of nitrogens with one attached hydrogen (secondary N) is 1. The predicted octanol–water partition coefficient (Wildman–Crippen LogP) is 1.10. The van der Waals surface area contributed by atoms with Crippen LogP contribution in [0.4, 0.5) is 4.79 Å². The summed E-state index contributed by atoms with van der Waals surface area (Å²) in [5.41, 5.74) is 0. The summed E-state index contributed by atoms with van der Waals surface area (Å²) >= 11 is 4.80. The molecule has 0 aliphatic carbocycles. The molecule has 100 valence electrons. The summed E-state index contributed by atoms with van der Waals surface area (Å²) in [5.74, 6) is -1.27. The van der Waals surface area contributed by atoms with Crippen molar-refractivity contribution >= 4 is 39.3 Å². The van der Waals surface area contributed by atoms with E-state index < -0.39 is 24.6 Å². The van der Waals surface area contributed by atoms with Crippen molar-refractivity contribution in [3.8, 4) is 0 Å². The predicted molar refractivity (Wildman–Crippen MR) is 70.5 cm³/mol. The minimum atomic E-state index is -1.28. The van der Waals surface area contributed by atoms with Gasteiger partial charge in [0.05, 0.1) is 13.2 Å². The van der Waals surface area contributed by atoms with Crippen molar-refractivity contribution < 1.29 is 19.8 Å². The van der Waals surface area contributed by atoms with Crippen LogP contribution in [0, 0.1) is 0 Å². The van der Waals surface area contributed by atoms with Gasteiger partial charge in [-0.1, -0.05) is 0 Å². The molecule has 1 heterocycles. The van der Waals surface area contributed by atoms with E-state index in [-0.39, 0.29) is 0 Å². The van der Waals surface area contributed by atoms with Crippen molar-refractivity contribution in [1.29, 1.82) is 0 Å². The summed E-state index contributed by atoms with van der Waals surface area (Å²) in [6.07, 6.45) is 0. The first kappa shape index (κ1) is 14.9. The summed E-state index contributed by atoms with van der Waals surface area (Å²) < 4.78 is 0.940. The van der Waals surface area contributed by atoms with Gasteiger partial charge in [0, 0.05) is 21.8 Å². The molecule has 8 heteroatoms. The lowest BCUT2D eigenvalue weighted by atomic mass is 10.3. The number of hydrogen-bond donors (Lipinski definition) is 3. The van der Waals surface area contributed by atoms with E-state index in [0.717, 1.165) is 9.35 Å². The second-order valence-electron chi connectivity index (χ2n) is 3.61. The Morgan fingerprint density at radius 2 is 2.28 bits per heavy atom. The van der Waals surface area contributed by atoms with Gasteiger partial charge < -0.3 is 20.4 Å². The van der Waals surface area contributed by atoms with Crippen LogP contribution in [-0.2, 0) is 11.3 Å². The van der Waals surface area contributed by atoms with Crippen molar-refractivity contribution in [2.75, 3.05) is 13.7 Å². The Bertz CT molecular complexity index is 437. The molecule has 1 rings (SSSR count). The number of urea groups is 1. The third-order valence-corrected chi connectivity index (χ3v) is 3.82. The van der Waals surface area contributed by atoms with E-state index in [9.17, 15) is 9.59 Å². The summed E-state index contributed by atoms with van der Waals surface area (Å²) in [4.78, 5) is 24.6. The number of carbonyl (C=O) groups is 2. The first-order valence-electron chi connectivity index (χ1n) is 5.02. The maximum absolute atomic E-state index is 11.7. The Morgan fingerprint density at radius 3 is 2.72 bits per heavy atom. The van der Waals surface area contributed by atoms with Gasteiger partial charge in [0.2, 0.25) is 0 Å². The molecule has 0 aromatic carbocycles. The highest BCUT2D eigenvalue weighted by atomic mass is 79.9. The zero-order chi connectivity index (χ0) is 13.7. The Labute approximate surface area is 116 Å². The molecular weight excluding hydrogens is 324 g/mol. The number of halogens is 1. The van der Waals surface area contributed by atoms with Gasteiger partial charge in [-0.3, -0.25) is 0 Å². The second-order valence-corrected chi connectivity index (χ2v) is 5.52. The number of thiophene rings is 1. The van der Waals surface area contributed by atoms with Crippen LogP contribution in [0.2, 0.25) is 0 Å². The first-order chi connectivity index (χ1) is 8.43. The fourth-order valence-electron chi connectivity index (χ4n) is 1.19. The monoisotopic (exact) mass is 336 g/mol. The highest BCUT2D eigenvalue weighted by molar-refractivity contribution is 9.10. The highest BCUT2D eigenvalue weighted by Crippen LogP contribution is 2.20. The van der Waals surface area contributed by atoms with Crippen molar-refractivity contribution in [2.24, 2.45) is 0 Å². The van der Waals surface area contributed by atoms with Crippen LogP contribution >= 0.6 is 27.3 Å². The number of amides is 2. The SMILES string of the molecule is CN(Cc1cc(Br)cs1)C(=O)N[C@H](CO)C(=O)O. The van der Waals surface area contributed by atoms with Gasteiger partial charge in [-0.25, -0.2) is 9.59 Å². The van der Waals surface area contributed by atoms with Gasteiger partial charge in [-0.15, -0.1) is 11.3 Å². The van der Waals surface area contributed by atoms with E-state index >= 15 is 0 Å². The van der Waals surface area contributed by atoms with Crippen LogP contribution in [0.25, 0.3) is 0 Å². The van der Waals surface area contributed by atoms with E-state index in [2.05, 4.69) is 21.2 Å². The van der Waals surface area contributed by atoms with Crippen LogP contribution in [0.15, 0.2) is 15.9 Å². The molecule has 2 amide bonds. The second kappa shape index (κ2) is 6.72. The number of carboxylic acid groups (broad SMARTS) is 1. The maximum atomic E-state index is 11.7. The third-order valence-electron chi connectivity index (χ3n) is 2.14.